The third-order valence-corrected chi connectivity index (χ3v) is 9.02. The highest BCUT2D eigenvalue weighted by Crippen LogP contribution is 2.46. The van der Waals surface area contributed by atoms with Gasteiger partial charge < -0.3 is 0 Å². The first-order chi connectivity index (χ1) is 22.3. The Morgan fingerprint density at radius 3 is 1.80 bits per heavy atom. The molecule has 208 valence electrons. The van der Waals surface area contributed by atoms with Gasteiger partial charge >= 0.3 is 0 Å². The van der Waals surface area contributed by atoms with Crippen molar-refractivity contribution in [3.8, 4) is 40.0 Å². The topological polar surface area (TPSA) is 56.5 Å². The van der Waals surface area contributed by atoms with Gasteiger partial charge in [-0.15, -0.1) is 0 Å². The van der Waals surface area contributed by atoms with Crippen molar-refractivity contribution in [2.45, 2.75) is 0 Å². The fourth-order valence-electron chi connectivity index (χ4n) is 7.02. The van der Waals surface area contributed by atoms with Crippen LogP contribution >= 0.6 is 0 Å². The van der Waals surface area contributed by atoms with Gasteiger partial charge in [-0.05, 0) is 51.2 Å². The van der Waals surface area contributed by atoms with Gasteiger partial charge in [0, 0.05) is 39.0 Å². The third kappa shape index (κ3) is 3.49. The lowest BCUT2D eigenvalue weighted by Crippen LogP contribution is -2.06. The molecule has 10 rings (SSSR count). The maximum Gasteiger partial charge on any atom is 0.238 e. The minimum atomic E-state index is 0.582. The number of nitrogens with zero attached hydrogens (tertiary/aromatic N) is 5. The summed E-state index contributed by atoms with van der Waals surface area (Å²) in [6.45, 7) is 0. The summed E-state index contributed by atoms with van der Waals surface area (Å²) in [5, 5.41) is 10.1. The van der Waals surface area contributed by atoms with Crippen LogP contribution in [-0.4, -0.2) is 24.5 Å². The zero-order valence-electron chi connectivity index (χ0n) is 24.0. The summed E-state index contributed by atoms with van der Waals surface area (Å²) in [7, 11) is 0. The summed E-state index contributed by atoms with van der Waals surface area (Å²) in [6, 6.07) is 46.5. The van der Waals surface area contributed by atoms with Crippen molar-refractivity contribution in [2.24, 2.45) is 0 Å². The molecule has 0 atom stereocenters. The molecule has 0 bridgehead atoms. The molecule has 0 fully saturated rings. The molecular weight excluding hydrogens is 550 g/mol. The van der Waals surface area contributed by atoms with E-state index in [9.17, 15) is 0 Å². The molecule has 0 N–H and O–H groups in total. The minimum Gasteiger partial charge on any atom is -0.278 e. The second kappa shape index (κ2) is 9.15. The first kappa shape index (κ1) is 24.3. The second-order valence-corrected chi connectivity index (χ2v) is 11.5. The van der Waals surface area contributed by atoms with Crippen LogP contribution in [-0.2, 0) is 0 Å². The molecule has 45 heavy (non-hydrogen) atoms. The minimum absolute atomic E-state index is 0.582. The summed E-state index contributed by atoms with van der Waals surface area (Å²) in [5.74, 6) is 1.79. The van der Waals surface area contributed by atoms with Crippen molar-refractivity contribution in [3.63, 3.8) is 0 Å². The number of benzene rings is 7. The lowest BCUT2D eigenvalue weighted by molar-refractivity contribution is 0.953. The lowest BCUT2D eigenvalue weighted by Gasteiger charge is -2.13. The molecule has 0 amide bonds. The molecule has 0 aliphatic rings. The zero-order chi connectivity index (χ0) is 29.5. The average molecular weight is 574 g/mol. The lowest BCUT2D eigenvalue weighted by atomic mass is 9.89. The first-order valence-corrected chi connectivity index (χ1v) is 15.1. The van der Waals surface area contributed by atoms with Gasteiger partial charge in [-0.3, -0.25) is 9.55 Å². The molecular formula is C40H23N5. The van der Waals surface area contributed by atoms with E-state index >= 15 is 0 Å². The SMILES string of the molecule is c1ccc(-c2ccc(-c3nc(-c4ccccc4)nc(-n4c5cccc6c7cccc8ccc9ccc4c(c9c87)c65)n3)cn2)cc1. The molecule has 5 nitrogen and oxygen atoms in total. The molecule has 3 aromatic heterocycles. The van der Waals surface area contributed by atoms with E-state index in [1.165, 1.54) is 43.1 Å². The van der Waals surface area contributed by atoms with E-state index in [1.807, 2.05) is 66.9 Å². The zero-order valence-corrected chi connectivity index (χ0v) is 24.0. The standard InChI is InChI=1S/C40H23N5/c1-3-9-24(10-4-1)31-21-19-28(23-41-31)39-42-38(27-11-5-2-6-12-27)43-40(44-39)45-32-16-8-15-30-29-14-7-13-25-17-18-26-20-22-33(45)37(36(30)32)35(26)34(25)29/h1-23H. The Balaban J connectivity index is 1.27. The summed E-state index contributed by atoms with van der Waals surface area (Å²) >= 11 is 0. The summed E-state index contributed by atoms with van der Waals surface area (Å²) in [6.07, 6.45) is 1.86. The average Bonchev–Trinajstić information content (AvgIpc) is 3.47. The van der Waals surface area contributed by atoms with Crippen molar-refractivity contribution < 1.29 is 0 Å². The first-order valence-electron chi connectivity index (χ1n) is 15.1. The van der Waals surface area contributed by atoms with Crippen LogP contribution in [0.5, 0.6) is 0 Å². The van der Waals surface area contributed by atoms with Gasteiger partial charge in [0.05, 0.1) is 16.7 Å². The van der Waals surface area contributed by atoms with Crippen LogP contribution in [0, 0.1) is 0 Å². The van der Waals surface area contributed by atoms with Crippen molar-refractivity contribution in [3.05, 3.63) is 140 Å². The highest BCUT2D eigenvalue weighted by molar-refractivity contribution is 6.40. The molecule has 7 aromatic carbocycles. The molecule has 0 radical (unpaired) electrons. The fraction of sp³-hybridized carbons (Fsp3) is 0. The van der Waals surface area contributed by atoms with E-state index in [0.717, 1.165) is 33.4 Å². The smallest absolute Gasteiger partial charge is 0.238 e. The monoisotopic (exact) mass is 573 g/mol. The van der Waals surface area contributed by atoms with Gasteiger partial charge in [0.2, 0.25) is 5.95 Å². The predicted octanol–water partition coefficient (Wildman–Crippen LogP) is 9.70. The Bertz CT molecular complexity index is 2680. The Morgan fingerprint density at radius 1 is 0.400 bits per heavy atom. The second-order valence-electron chi connectivity index (χ2n) is 11.5. The van der Waals surface area contributed by atoms with Crippen LogP contribution in [0.15, 0.2) is 140 Å². The molecule has 0 spiro atoms. The van der Waals surface area contributed by atoms with Crippen molar-refractivity contribution >= 4 is 54.1 Å². The van der Waals surface area contributed by atoms with Crippen LogP contribution in [0.2, 0.25) is 0 Å². The maximum absolute atomic E-state index is 5.14. The summed E-state index contributed by atoms with van der Waals surface area (Å²) < 4.78 is 2.21. The highest BCUT2D eigenvalue weighted by atomic mass is 15.2. The summed E-state index contributed by atoms with van der Waals surface area (Å²) in [5.41, 5.74) is 5.90. The maximum atomic E-state index is 5.14. The molecule has 10 aromatic rings. The van der Waals surface area contributed by atoms with E-state index in [4.69, 9.17) is 19.9 Å². The Hall–Kier alpha value is -6.20. The Morgan fingerprint density at radius 2 is 1.04 bits per heavy atom. The van der Waals surface area contributed by atoms with E-state index in [2.05, 4.69) is 77.4 Å². The number of hydrogen-bond donors (Lipinski definition) is 0. The largest absolute Gasteiger partial charge is 0.278 e. The molecule has 0 aliphatic carbocycles. The van der Waals surface area contributed by atoms with E-state index in [1.54, 1.807) is 0 Å². The van der Waals surface area contributed by atoms with Gasteiger partial charge in [-0.2, -0.15) is 9.97 Å². The molecule has 0 saturated carbocycles. The van der Waals surface area contributed by atoms with Gasteiger partial charge in [0.1, 0.15) is 0 Å². The molecule has 0 saturated heterocycles. The number of hydrogen-bond acceptors (Lipinski definition) is 4. The number of fused-ring (bicyclic) bond motifs is 1. The molecule has 0 unspecified atom stereocenters. The van der Waals surface area contributed by atoms with Crippen LogP contribution in [0.25, 0.3) is 94.1 Å². The van der Waals surface area contributed by atoms with Crippen molar-refractivity contribution in [1.29, 1.82) is 0 Å². The van der Waals surface area contributed by atoms with E-state index in [-0.39, 0.29) is 0 Å². The number of rotatable bonds is 4. The Kier molecular flexibility index (Phi) is 4.93. The van der Waals surface area contributed by atoms with Gasteiger partial charge in [-0.25, -0.2) is 4.98 Å². The normalized spacial score (nSPS) is 12.0. The van der Waals surface area contributed by atoms with Crippen LogP contribution in [0.4, 0.5) is 0 Å². The number of pyridine rings is 1. The van der Waals surface area contributed by atoms with Crippen molar-refractivity contribution in [1.82, 2.24) is 24.5 Å². The van der Waals surface area contributed by atoms with Gasteiger partial charge in [0.15, 0.2) is 11.6 Å². The molecule has 3 heterocycles. The predicted molar refractivity (Wildman–Crippen MR) is 183 cm³/mol. The third-order valence-electron chi connectivity index (χ3n) is 9.02. The fourth-order valence-corrected chi connectivity index (χ4v) is 7.02. The molecule has 0 aliphatic heterocycles. The quantitative estimate of drug-likeness (QED) is 0.155. The molecule has 5 heteroatoms. The van der Waals surface area contributed by atoms with Gasteiger partial charge in [0.25, 0.3) is 0 Å². The van der Waals surface area contributed by atoms with E-state index < -0.39 is 0 Å². The van der Waals surface area contributed by atoms with Crippen LogP contribution in [0.3, 0.4) is 0 Å². The van der Waals surface area contributed by atoms with Crippen LogP contribution < -0.4 is 0 Å². The number of aromatic nitrogens is 5. The van der Waals surface area contributed by atoms with Crippen LogP contribution in [0.1, 0.15) is 0 Å². The van der Waals surface area contributed by atoms with E-state index in [0.29, 0.717) is 17.6 Å². The van der Waals surface area contributed by atoms with Gasteiger partial charge in [-0.1, -0.05) is 109 Å². The summed E-state index contributed by atoms with van der Waals surface area (Å²) in [4.78, 5) is 20.0. The van der Waals surface area contributed by atoms with Crippen molar-refractivity contribution in [2.75, 3.05) is 0 Å². The highest BCUT2D eigenvalue weighted by Gasteiger charge is 2.23. The Labute approximate surface area is 257 Å².